The fourth-order valence-corrected chi connectivity index (χ4v) is 1.74. The Bertz CT molecular complexity index is 393. The number of hydrogen-bond acceptors (Lipinski definition) is 4. The van der Waals surface area contributed by atoms with Crippen LogP contribution >= 0.6 is 0 Å². The zero-order valence-electron chi connectivity index (χ0n) is 10.3. The lowest BCUT2D eigenvalue weighted by molar-refractivity contribution is 0.100. The van der Waals surface area contributed by atoms with E-state index >= 15 is 0 Å². The first-order valence-corrected chi connectivity index (χ1v) is 5.46. The lowest BCUT2D eigenvalue weighted by Gasteiger charge is -2.23. The van der Waals surface area contributed by atoms with Crippen LogP contribution in [0, 0.1) is 0 Å². The molecule has 4 N–H and O–H groups in total. The summed E-state index contributed by atoms with van der Waals surface area (Å²) in [7, 11) is 3.54. The van der Waals surface area contributed by atoms with Gasteiger partial charge in [0.15, 0.2) is 0 Å². The van der Waals surface area contributed by atoms with Gasteiger partial charge in [0.1, 0.15) is 0 Å². The van der Waals surface area contributed by atoms with Gasteiger partial charge >= 0.3 is 0 Å². The molecule has 0 spiro atoms. The molecule has 0 saturated carbocycles. The molecule has 0 heterocycles. The van der Waals surface area contributed by atoms with Gasteiger partial charge in [-0.25, -0.2) is 0 Å². The van der Waals surface area contributed by atoms with Crippen LogP contribution in [0.4, 0.5) is 11.4 Å². The van der Waals surface area contributed by atoms with Crippen molar-refractivity contribution in [1.82, 2.24) is 0 Å². The standard InChI is InChI=1S/C12H19N3O2/c1-15(7-4-8-17-2)11-9(12(14)16)5-3-6-10(11)13/h3,5-6H,4,7-8,13H2,1-2H3,(H2,14,16). The molecule has 17 heavy (non-hydrogen) atoms. The summed E-state index contributed by atoms with van der Waals surface area (Å²) in [4.78, 5) is 13.2. The number of rotatable bonds is 6. The molecular weight excluding hydrogens is 218 g/mol. The molecule has 1 aromatic carbocycles. The van der Waals surface area contributed by atoms with E-state index in [0.717, 1.165) is 13.0 Å². The Hall–Kier alpha value is -1.75. The second kappa shape index (κ2) is 6.10. The number of para-hydroxylation sites is 1. The van der Waals surface area contributed by atoms with E-state index in [4.69, 9.17) is 16.2 Å². The summed E-state index contributed by atoms with van der Waals surface area (Å²) in [5, 5.41) is 0. The van der Waals surface area contributed by atoms with Crippen LogP contribution in [0.5, 0.6) is 0 Å². The summed E-state index contributed by atoms with van der Waals surface area (Å²) in [6.07, 6.45) is 0.861. The maximum absolute atomic E-state index is 11.3. The van der Waals surface area contributed by atoms with Crippen molar-refractivity contribution in [2.45, 2.75) is 6.42 Å². The average molecular weight is 237 g/mol. The van der Waals surface area contributed by atoms with Crippen molar-refractivity contribution in [3.8, 4) is 0 Å². The number of nitrogen functional groups attached to an aromatic ring is 1. The van der Waals surface area contributed by atoms with Crippen molar-refractivity contribution in [3.05, 3.63) is 23.8 Å². The highest BCUT2D eigenvalue weighted by molar-refractivity contribution is 6.01. The Morgan fingerprint density at radius 2 is 2.18 bits per heavy atom. The summed E-state index contributed by atoms with van der Waals surface area (Å²) in [6.45, 7) is 1.42. The highest BCUT2D eigenvalue weighted by Gasteiger charge is 2.14. The van der Waals surface area contributed by atoms with Gasteiger partial charge in [0.2, 0.25) is 0 Å². The highest BCUT2D eigenvalue weighted by atomic mass is 16.5. The van der Waals surface area contributed by atoms with Crippen LogP contribution in [0.25, 0.3) is 0 Å². The Morgan fingerprint density at radius 1 is 1.47 bits per heavy atom. The van der Waals surface area contributed by atoms with Crippen molar-refractivity contribution in [2.24, 2.45) is 5.73 Å². The number of nitrogens with two attached hydrogens (primary N) is 2. The SMILES string of the molecule is COCCCN(C)c1c(N)cccc1C(N)=O. The first kappa shape index (κ1) is 13.3. The van der Waals surface area contributed by atoms with Crippen molar-refractivity contribution in [2.75, 3.05) is 37.9 Å². The van der Waals surface area contributed by atoms with Gasteiger partial charge in [0.25, 0.3) is 5.91 Å². The summed E-state index contributed by atoms with van der Waals surface area (Å²) in [5.41, 5.74) is 12.9. The molecule has 0 aromatic heterocycles. The first-order chi connectivity index (χ1) is 8.07. The summed E-state index contributed by atoms with van der Waals surface area (Å²) >= 11 is 0. The van der Waals surface area contributed by atoms with Crippen LogP contribution in [-0.2, 0) is 4.74 Å². The van der Waals surface area contributed by atoms with Gasteiger partial charge in [-0.05, 0) is 18.6 Å². The Kier molecular flexibility index (Phi) is 4.78. The minimum Gasteiger partial charge on any atom is -0.397 e. The molecule has 1 rings (SSSR count). The van der Waals surface area contributed by atoms with E-state index < -0.39 is 5.91 Å². The van der Waals surface area contributed by atoms with Crippen LogP contribution in [-0.4, -0.2) is 33.2 Å². The number of hydrogen-bond donors (Lipinski definition) is 2. The fourth-order valence-electron chi connectivity index (χ4n) is 1.74. The first-order valence-electron chi connectivity index (χ1n) is 5.46. The number of primary amides is 1. The van der Waals surface area contributed by atoms with Crippen molar-refractivity contribution >= 4 is 17.3 Å². The molecule has 1 amide bonds. The highest BCUT2D eigenvalue weighted by Crippen LogP contribution is 2.26. The molecule has 0 fully saturated rings. The number of ether oxygens (including phenoxy) is 1. The van der Waals surface area contributed by atoms with Gasteiger partial charge in [0, 0.05) is 27.3 Å². The summed E-state index contributed by atoms with van der Waals surface area (Å²) < 4.78 is 4.99. The molecule has 5 nitrogen and oxygen atoms in total. The Morgan fingerprint density at radius 3 is 2.76 bits per heavy atom. The van der Waals surface area contributed by atoms with E-state index in [0.29, 0.717) is 23.5 Å². The smallest absolute Gasteiger partial charge is 0.250 e. The second-order valence-electron chi connectivity index (χ2n) is 3.88. The fraction of sp³-hybridized carbons (Fsp3) is 0.417. The van der Waals surface area contributed by atoms with E-state index in [2.05, 4.69) is 0 Å². The van der Waals surface area contributed by atoms with Gasteiger partial charge in [-0.15, -0.1) is 0 Å². The molecule has 0 unspecified atom stereocenters. The summed E-state index contributed by atoms with van der Waals surface area (Å²) in [5.74, 6) is -0.467. The largest absolute Gasteiger partial charge is 0.397 e. The van der Waals surface area contributed by atoms with Gasteiger partial charge in [-0.1, -0.05) is 6.07 Å². The van der Waals surface area contributed by atoms with Gasteiger partial charge in [-0.3, -0.25) is 4.79 Å². The van der Waals surface area contributed by atoms with E-state index in [1.54, 1.807) is 25.3 Å². The number of methoxy groups -OCH3 is 1. The van der Waals surface area contributed by atoms with E-state index in [-0.39, 0.29) is 0 Å². The topological polar surface area (TPSA) is 81.6 Å². The van der Waals surface area contributed by atoms with Crippen molar-refractivity contribution in [3.63, 3.8) is 0 Å². The lowest BCUT2D eigenvalue weighted by Crippen LogP contribution is -2.25. The lowest BCUT2D eigenvalue weighted by atomic mass is 10.1. The van der Waals surface area contributed by atoms with Crippen LogP contribution in [0.15, 0.2) is 18.2 Å². The van der Waals surface area contributed by atoms with E-state index in [1.807, 2.05) is 11.9 Å². The Balaban J connectivity index is 2.90. The van der Waals surface area contributed by atoms with Crippen LogP contribution < -0.4 is 16.4 Å². The summed E-state index contributed by atoms with van der Waals surface area (Å²) in [6, 6.07) is 5.16. The van der Waals surface area contributed by atoms with Gasteiger partial charge in [0.05, 0.1) is 16.9 Å². The predicted octanol–water partition coefficient (Wildman–Crippen LogP) is 0.840. The number of benzene rings is 1. The number of amides is 1. The average Bonchev–Trinajstić information content (AvgIpc) is 2.28. The number of nitrogens with zero attached hydrogens (tertiary/aromatic N) is 1. The third-order valence-corrected chi connectivity index (χ3v) is 2.56. The molecule has 0 aliphatic carbocycles. The van der Waals surface area contributed by atoms with E-state index in [9.17, 15) is 4.79 Å². The van der Waals surface area contributed by atoms with Crippen LogP contribution in [0.2, 0.25) is 0 Å². The number of anilines is 2. The predicted molar refractivity (Wildman–Crippen MR) is 69.1 cm³/mol. The van der Waals surface area contributed by atoms with Crippen molar-refractivity contribution in [1.29, 1.82) is 0 Å². The zero-order chi connectivity index (χ0) is 12.8. The van der Waals surface area contributed by atoms with E-state index in [1.165, 1.54) is 0 Å². The van der Waals surface area contributed by atoms with Gasteiger partial charge < -0.3 is 21.1 Å². The molecule has 1 aromatic rings. The molecule has 0 atom stereocenters. The maximum atomic E-state index is 11.3. The second-order valence-corrected chi connectivity index (χ2v) is 3.88. The number of carbonyl (C=O) groups is 1. The minimum atomic E-state index is -0.467. The van der Waals surface area contributed by atoms with Crippen LogP contribution in [0.1, 0.15) is 16.8 Å². The monoisotopic (exact) mass is 237 g/mol. The maximum Gasteiger partial charge on any atom is 0.250 e. The van der Waals surface area contributed by atoms with Gasteiger partial charge in [-0.2, -0.15) is 0 Å². The molecule has 0 saturated heterocycles. The molecule has 5 heteroatoms. The quantitative estimate of drug-likeness (QED) is 0.567. The molecule has 94 valence electrons. The normalized spacial score (nSPS) is 10.2. The third-order valence-electron chi connectivity index (χ3n) is 2.56. The Labute approximate surface area is 101 Å². The third kappa shape index (κ3) is 3.35. The molecule has 0 aliphatic heterocycles. The zero-order valence-corrected chi connectivity index (χ0v) is 10.3. The molecule has 0 aliphatic rings. The number of carbonyl (C=O) groups excluding carboxylic acids is 1. The molecular formula is C12H19N3O2. The van der Waals surface area contributed by atoms with Crippen LogP contribution in [0.3, 0.4) is 0 Å². The minimum absolute atomic E-state index is 0.449. The molecule has 0 radical (unpaired) electrons. The molecule has 0 bridgehead atoms. The van der Waals surface area contributed by atoms with Crippen molar-refractivity contribution < 1.29 is 9.53 Å².